The van der Waals surface area contributed by atoms with Gasteiger partial charge in [-0.25, -0.2) is 0 Å². The molecule has 162 valence electrons. The first-order valence-corrected chi connectivity index (χ1v) is 12.2. The maximum Gasteiger partial charge on any atom is 0.223 e. The minimum absolute atomic E-state index is 0.135. The maximum absolute atomic E-state index is 13.2. The zero-order valence-electron chi connectivity index (χ0n) is 18.6. The molecule has 0 bridgehead atoms. The van der Waals surface area contributed by atoms with Crippen molar-refractivity contribution in [1.29, 1.82) is 0 Å². The molecule has 4 nitrogen and oxygen atoms in total. The molecule has 0 spiro atoms. The SMILES string of the molecule is CCCCCCCN(C)C(=O)CCC(=O)N(C1CCCCC1)C1CCCCC1. The van der Waals surface area contributed by atoms with E-state index in [0.717, 1.165) is 38.6 Å². The van der Waals surface area contributed by atoms with E-state index in [-0.39, 0.29) is 11.8 Å². The fourth-order valence-corrected chi connectivity index (χ4v) is 5.03. The molecule has 2 aliphatic rings. The Kier molecular flexibility index (Phi) is 11.0. The topological polar surface area (TPSA) is 40.6 Å². The first kappa shape index (κ1) is 23.2. The quantitative estimate of drug-likeness (QED) is 0.424. The van der Waals surface area contributed by atoms with Crippen LogP contribution in [0.15, 0.2) is 0 Å². The molecule has 4 heteroatoms. The van der Waals surface area contributed by atoms with Gasteiger partial charge >= 0.3 is 0 Å². The van der Waals surface area contributed by atoms with E-state index in [1.54, 1.807) is 0 Å². The predicted octanol–water partition coefficient (Wildman–Crippen LogP) is 5.69. The van der Waals surface area contributed by atoms with E-state index in [1.165, 1.54) is 64.2 Å². The van der Waals surface area contributed by atoms with Crippen molar-refractivity contribution in [3.63, 3.8) is 0 Å². The highest BCUT2D eigenvalue weighted by atomic mass is 16.2. The molecule has 2 rings (SSSR count). The van der Waals surface area contributed by atoms with Gasteiger partial charge in [0.2, 0.25) is 11.8 Å². The average molecular weight is 393 g/mol. The lowest BCUT2D eigenvalue weighted by atomic mass is 9.88. The Morgan fingerprint density at radius 2 is 1.21 bits per heavy atom. The number of nitrogens with zero attached hydrogens (tertiary/aromatic N) is 2. The molecule has 0 N–H and O–H groups in total. The first-order valence-electron chi connectivity index (χ1n) is 12.2. The summed E-state index contributed by atoms with van der Waals surface area (Å²) in [5.74, 6) is 0.375. The van der Waals surface area contributed by atoms with Gasteiger partial charge in [0.05, 0.1) is 0 Å². The molecule has 28 heavy (non-hydrogen) atoms. The van der Waals surface area contributed by atoms with E-state index < -0.39 is 0 Å². The van der Waals surface area contributed by atoms with Gasteiger partial charge in [-0.2, -0.15) is 0 Å². The predicted molar refractivity (Wildman–Crippen MR) is 116 cm³/mol. The Labute approximate surface area is 173 Å². The van der Waals surface area contributed by atoms with Crippen LogP contribution in [0.4, 0.5) is 0 Å². The van der Waals surface area contributed by atoms with Gasteiger partial charge < -0.3 is 9.80 Å². The van der Waals surface area contributed by atoms with E-state index in [9.17, 15) is 9.59 Å². The number of hydrogen-bond acceptors (Lipinski definition) is 2. The zero-order chi connectivity index (χ0) is 20.2. The van der Waals surface area contributed by atoms with Crippen LogP contribution in [0.5, 0.6) is 0 Å². The lowest BCUT2D eigenvalue weighted by molar-refractivity contribution is -0.141. The highest BCUT2D eigenvalue weighted by Crippen LogP contribution is 2.31. The Bertz CT molecular complexity index is 436. The molecule has 0 radical (unpaired) electrons. The molecule has 0 aliphatic heterocycles. The monoisotopic (exact) mass is 392 g/mol. The van der Waals surface area contributed by atoms with Gasteiger partial charge in [-0.05, 0) is 32.1 Å². The van der Waals surface area contributed by atoms with Crippen molar-refractivity contribution < 1.29 is 9.59 Å². The van der Waals surface area contributed by atoms with Crippen LogP contribution in [0.2, 0.25) is 0 Å². The summed E-state index contributed by atoms with van der Waals surface area (Å²) >= 11 is 0. The molecule has 2 amide bonds. The van der Waals surface area contributed by atoms with Crippen LogP contribution in [0, 0.1) is 0 Å². The molecular weight excluding hydrogens is 348 g/mol. The van der Waals surface area contributed by atoms with Crippen LogP contribution in [0.3, 0.4) is 0 Å². The van der Waals surface area contributed by atoms with Gasteiger partial charge in [-0.1, -0.05) is 71.1 Å². The summed E-state index contributed by atoms with van der Waals surface area (Å²) in [6, 6.07) is 0.853. The highest BCUT2D eigenvalue weighted by molar-refractivity contribution is 5.84. The van der Waals surface area contributed by atoms with Gasteiger partial charge in [0.25, 0.3) is 0 Å². The summed E-state index contributed by atoms with van der Waals surface area (Å²) in [6.45, 7) is 3.04. The zero-order valence-corrected chi connectivity index (χ0v) is 18.6. The molecular formula is C24H44N2O2. The molecule has 0 aromatic heterocycles. The van der Waals surface area contributed by atoms with Crippen LogP contribution < -0.4 is 0 Å². The largest absolute Gasteiger partial charge is 0.346 e. The van der Waals surface area contributed by atoms with Crippen LogP contribution in [-0.4, -0.2) is 47.3 Å². The van der Waals surface area contributed by atoms with Gasteiger partial charge in [-0.3, -0.25) is 9.59 Å². The third-order valence-corrected chi connectivity index (χ3v) is 6.80. The number of carbonyl (C=O) groups excluding carboxylic acids is 2. The lowest BCUT2D eigenvalue weighted by Crippen LogP contribution is -2.49. The summed E-state index contributed by atoms with van der Waals surface area (Å²) in [5, 5.41) is 0. The second kappa shape index (κ2) is 13.2. The maximum atomic E-state index is 13.2. The molecule has 0 aromatic rings. The molecule has 2 fully saturated rings. The summed E-state index contributed by atoms with van der Waals surface area (Å²) < 4.78 is 0. The summed E-state index contributed by atoms with van der Waals surface area (Å²) in [4.78, 5) is 29.7. The van der Waals surface area contributed by atoms with Crippen molar-refractivity contribution in [2.45, 2.75) is 128 Å². The van der Waals surface area contributed by atoms with Crippen molar-refractivity contribution in [2.24, 2.45) is 0 Å². The number of rotatable bonds is 11. The van der Waals surface area contributed by atoms with Crippen molar-refractivity contribution in [3.05, 3.63) is 0 Å². The van der Waals surface area contributed by atoms with Crippen molar-refractivity contribution in [3.8, 4) is 0 Å². The molecule has 0 heterocycles. The minimum Gasteiger partial charge on any atom is -0.346 e. The van der Waals surface area contributed by atoms with Gasteiger partial charge in [0.15, 0.2) is 0 Å². The van der Waals surface area contributed by atoms with E-state index in [0.29, 0.717) is 24.9 Å². The second-order valence-corrected chi connectivity index (χ2v) is 9.11. The van der Waals surface area contributed by atoms with Crippen molar-refractivity contribution in [1.82, 2.24) is 9.80 Å². The second-order valence-electron chi connectivity index (χ2n) is 9.11. The first-order chi connectivity index (χ1) is 13.6. The van der Waals surface area contributed by atoms with Gasteiger partial charge in [0.1, 0.15) is 0 Å². The van der Waals surface area contributed by atoms with E-state index in [2.05, 4.69) is 11.8 Å². The normalized spacial score (nSPS) is 18.8. The van der Waals surface area contributed by atoms with Crippen LogP contribution in [-0.2, 0) is 9.59 Å². The van der Waals surface area contributed by atoms with Gasteiger partial charge in [0, 0.05) is 38.5 Å². The smallest absolute Gasteiger partial charge is 0.223 e. The molecule has 0 atom stereocenters. The summed E-state index contributed by atoms with van der Waals surface area (Å²) in [5.41, 5.74) is 0. The third kappa shape index (κ3) is 7.75. The number of amides is 2. The van der Waals surface area contributed by atoms with E-state index >= 15 is 0 Å². The molecule has 2 saturated carbocycles. The number of carbonyl (C=O) groups is 2. The highest BCUT2D eigenvalue weighted by Gasteiger charge is 2.32. The number of unbranched alkanes of at least 4 members (excludes halogenated alkanes) is 4. The van der Waals surface area contributed by atoms with Crippen LogP contribution >= 0.6 is 0 Å². The lowest BCUT2D eigenvalue weighted by Gasteiger charge is -2.42. The minimum atomic E-state index is 0.135. The Balaban J connectivity index is 1.80. The standard InChI is InChI=1S/C24H44N2O2/c1-3-4-5-6-13-20-25(2)23(27)18-19-24(28)26(21-14-9-7-10-15-21)22-16-11-8-12-17-22/h21-22H,3-20H2,1-2H3. The molecule has 0 saturated heterocycles. The summed E-state index contributed by atoms with van der Waals surface area (Å²) in [7, 11) is 1.90. The van der Waals surface area contributed by atoms with E-state index in [1.807, 2.05) is 11.9 Å². The Morgan fingerprint density at radius 1 is 0.714 bits per heavy atom. The number of hydrogen-bond donors (Lipinski definition) is 0. The Morgan fingerprint density at radius 3 is 1.75 bits per heavy atom. The fourth-order valence-electron chi connectivity index (χ4n) is 5.03. The fraction of sp³-hybridized carbons (Fsp3) is 0.917. The Hall–Kier alpha value is -1.06. The van der Waals surface area contributed by atoms with Crippen molar-refractivity contribution in [2.75, 3.05) is 13.6 Å². The molecule has 2 aliphatic carbocycles. The molecule has 0 unspecified atom stereocenters. The van der Waals surface area contributed by atoms with Gasteiger partial charge in [-0.15, -0.1) is 0 Å². The molecule has 0 aromatic carbocycles. The van der Waals surface area contributed by atoms with Crippen LogP contribution in [0.25, 0.3) is 0 Å². The average Bonchev–Trinajstić information content (AvgIpc) is 2.73. The van der Waals surface area contributed by atoms with E-state index in [4.69, 9.17) is 0 Å². The van der Waals surface area contributed by atoms with Crippen molar-refractivity contribution >= 4 is 11.8 Å². The summed E-state index contributed by atoms with van der Waals surface area (Å²) in [6.07, 6.45) is 19.1. The third-order valence-electron chi connectivity index (χ3n) is 6.80. The van der Waals surface area contributed by atoms with Crippen LogP contribution in [0.1, 0.15) is 116 Å².